The minimum Gasteiger partial charge on any atom is -0.396 e. The van der Waals surface area contributed by atoms with E-state index in [9.17, 15) is 5.11 Å². The lowest BCUT2D eigenvalue weighted by Crippen LogP contribution is -2.40. The highest BCUT2D eigenvalue weighted by molar-refractivity contribution is 5.30. The highest BCUT2D eigenvalue weighted by atomic mass is 16.3. The Kier molecular flexibility index (Phi) is 4.74. The van der Waals surface area contributed by atoms with Crippen LogP contribution in [0.2, 0.25) is 0 Å². The maximum atomic E-state index is 9.50. The van der Waals surface area contributed by atoms with E-state index < -0.39 is 0 Å². The Morgan fingerprint density at radius 2 is 1.75 bits per heavy atom. The Balaban J connectivity index is 1.52. The van der Waals surface area contributed by atoms with Crippen LogP contribution >= 0.6 is 0 Å². The second-order valence-electron chi connectivity index (χ2n) is 6.60. The molecule has 1 aromatic carbocycles. The van der Waals surface area contributed by atoms with Gasteiger partial charge in [-0.25, -0.2) is 0 Å². The molecule has 2 aliphatic carbocycles. The molecule has 2 N–H and O–H groups in total. The lowest BCUT2D eigenvalue weighted by Gasteiger charge is -2.33. The van der Waals surface area contributed by atoms with Gasteiger partial charge in [-0.05, 0) is 61.6 Å². The van der Waals surface area contributed by atoms with Gasteiger partial charge in [0, 0.05) is 12.6 Å². The summed E-state index contributed by atoms with van der Waals surface area (Å²) in [6.45, 7) is 1.47. The quantitative estimate of drug-likeness (QED) is 0.884. The minimum atomic E-state index is 0.375. The van der Waals surface area contributed by atoms with E-state index in [1.807, 2.05) is 0 Å². The molecular formula is C18H27NO. The Bertz CT molecular complexity index is 431. The van der Waals surface area contributed by atoms with E-state index >= 15 is 0 Å². The summed E-state index contributed by atoms with van der Waals surface area (Å²) in [7, 11) is 0. The van der Waals surface area contributed by atoms with Crippen LogP contribution in [0.15, 0.2) is 24.3 Å². The number of aliphatic hydroxyl groups excluding tert-OH is 1. The maximum absolute atomic E-state index is 9.50. The molecular weight excluding hydrogens is 246 g/mol. The van der Waals surface area contributed by atoms with Gasteiger partial charge in [-0.3, -0.25) is 0 Å². The number of aryl methyl sites for hydroxylation is 1. The molecule has 1 aromatic rings. The summed E-state index contributed by atoms with van der Waals surface area (Å²) < 4.78 is 0. The predicted molar refractivity (Wildman–Crippen MR) is 82.8 cm³/mol. The van der Waals surface area contributed by atoms with Crippen LogP contribution in [-0.2, 0) is 12.8 Å². The van der Waals surface area contributed by atoms with E-state index in [-0.39, 0.29) is 0 Å². The van der Waals surface area contributed by atoms with Crippen LogP contribution in [0.1, 0.15) is 43.2 Å². The Morgan fingerprint density at radius 1 is 1.00 bits per heavy atom. The van der Waals surface area contributed by atoms with Crippen molar-refractivity contribution in [3.05, 3.63) is 35.4 Å². The fourth-order valence-electron chi connectivity index (χ4n) is 3.98. The van der Waals surface area contributed by atoms with Crippen LogP contribution in [0.3, 0.4) is 0 Å². The first-order valence-corrected chi connectivity index (χ1v) is 8.28. The van der Waals surface area contributed by atoms with E-state index in [1.54, 1.807) is 0 Å². The van der Waals surface area contributed by atoms with Gasteiger partial charge in [0.15, 0.2) is 0 Å². The normalized spacial score (nSPS) is 29.9. The first-order valence-electron chi connectivity index (χ1n) is 8.28. The van der Waals surface area contributed by atoms with Crippen LogP contribution in [0, 0.1) is 11.8 Å². The molecule has 0 amide bonds. The molecule has 3 atom stereocenters. The van der Waals surface area contributed by atoms with Crippen LogP contribution in [0.4, 0.5) is 0 Å². The molecule has 20 heavy (non-hydrogen) atoms. The average Bonchev–Trinajstić information content (AvgIpc) is 2.53. The standard InChI is InChI=1S/C18H27NO/c20-13-17-8-4-3-7-16(17)12-19-18-10-9-14-5-1-2-6-15(14)11-18/h1-2,5-6,16-20H,3-4,7-13H2. The second kappa shape index (κ2) is 6.73. The van der Waals surface area contributed by atoms with Crippen molar-refractivity contribution in [1.82, 2.24) is 5.32 Å². The molecule has 0 heterocycles. The molecule has 1 fully saturated rings. The third-order valence-electron chi connectivity index (χ3n) is 5.32. The van der Waals surface area contributed by atoms with Gasteiger partial charge in [-0.1, -0.05) is 37.1 Å². The van der Waals surface area contributed by atoms with Crippen molar-refractivity contribution < 1.29 is 5.11 Å². The second-order valence-corrected chi connectivity index (χ2v) is 6.60. The zero-order valence-electron chi connectivity index (χ0n) is 12.4. The molecule has 0 aliphatic heterocycles. The summed E-state index contributed by atoms with van der Waals surface area (Å²) in [5.74, 6) is 1.22. The third-order valence-corrected chi connectivity index (χ3v) is 5.32. The van der Waals surface area contributed by atoms with E-state index in [4.69, 9.17) is 0 Å². The number of rotatable bonds is 4. The molecule has 2 heteroatoms. The smallest absolute Gasteiger partial charge is 0.0462 e. The van der Waals surface area contributed by atoms with Gasteiger partial charge in [-0.2, -0.15) is 0 Å². The largest absolute Gasteiger partial charge is 0.396 e. The molecule has 3 rings (SSSR count). The number of benzene rings is 1. The van der Waals surface area contributed by atoms with E-state index in [1.165, 1.54) is 56.1 Å². The number of nitrogens with one attached hydrogen (secondary N) is 1. The number of fused-ring (bicyclic) bond motifs is 1. The van der Waals surface area contributed by atoms with Crippen molar-refractivity contribution in [2.24, 2.45) is 11.8 Å². The lowest BCUT2D eigenvalue weighted by molar-refractivity contribution is 0.130. The minimum absolute atomic E-state index is 0.375. The van der Waals surface area contributed by atoms with Crippen LogP contribution in [0.25, 0.3) is 0 Å². The first-order chi connectivity index (χ1) is 9.86. The van der Waals surface area contributed by atoms with Gasteiger partial charge >= 0.3 is 0 Å². The molecule has 0 bridgehead atoms. The molecule has 3 unspecified atom stereocenters. The van der Waals surface area contributed by atoms with Gasteiger partial charge in [0.1, 0.15) is 0 Å². The van der Waals surface area contributed by atoms with E-state index in [2.05, 4.69) is 29.6 Å². The zero-order valence-corrected chi connectivity index (χ0v) is 12.4. The van der Waals surface area contributed by atoms with Gasteiger partial charge in [-0.15, -0.1) is 0 Å². The summed E-state index contributed by atoms with van der Waals surface area (Å²) in [4.78, 5) is 0. The summed E-state index contributed by atoms with van der Waals surface area (Å²) >= 11 is 0. The third kappa shape index (κ3) is 3.24. The summed E-state index contributed by atoms with van der Waals surface area (Å²) in [5, 5.41) is 13.3. The van der Waals surface area contributed by atoms with Crippen molar-refractivity contribution in [3.8, 4) is 0 Å². The van der Waals surface area contributed by atoms with E-state index in [0.29, 0.717) is 24.5 Å². The molecule has 2 aliphatic rings. The van der Waals surface area contributed by atoms with Crippen molar-refractivity contribution in [2.75, 3.05) is 13.2 Å². The molecule has 2 nitrogen and oxygen atoms in total. The van der Waals surface area contributed by atoms with Gasteiger partial charge in [0.2, 0.25) is 0 Å². The topological polar surface area (TPSA) is 32.3 Å². The fraction of sp³-hybridized carbons (Fsp3) is 0.667. The van der Waals surface area contributed by atoms with Crippen LogP contribution < -0.4 is 5.32 Å². The van der Waals surface area contributed by atoms with Gasteiger partial charge < -0.3 is 10.4 Å². The number of aliphatic hydroxyl groups is 1. The first kappa shape index (κ1) is 14.1. The van der Waals surface area contributed by atoms with Crippen molar-refractivity contribution >= 4 is 0 Å². The SMILES string of the molecule is OCC1CCCCC1CNC1CCc2ccccc2C1. The zero-order chi connectivity index (χ0) is 13.8. The van der Waals surface area contributed by atoms with Gasteiger partial charge in [0.25, 0.3) is 0 Å². The predicted octanol–water partition coefficient (Wildman–Crippen LogP) is 2.93. The van der Waals surface area contributed by atoms with Gasteiger partial charge in [0.05, 0.1) is 0 Å². The number of hydrogen-bond acceptors (Lipinski definition) is 2. The Labute approximate surface area is 122 Å². The molecule has 0 aromatic heterocycles. The molecule has 0 spiro atoms. The molecule has 0 saturated heterocycles. The van der Waals surface area contributed by atoms with Crippen molar-refractivity contribution in [2.45, 2.75) is 51.0 Å². The Morgan fingerprint density at radius 3 is 2.55 bits per heavy atom. The Hall–Kier alpha value is -0.860. The number of hydrogen-bond donors (Lipinski definition) is 2. The highest BCUT2D eigenvalue weighted by Crippen LogP contribution is 2.29. The lowest BCUT2D eigenvalue weighted by atomic mass is 9.79. The fourth-order valence-corrected chi connectivity index (χ4v) is 3.98. The summed E-state index contributed by atoms with van der Waals surface area (Å²) in [6, 6.07) is 9.49. The maximum Gasteiger partial charge on any atom is 0.0462 e. The van der Waals surface area contributed by atoms with Crippen molar-refractivity contribution in [3.63, 3.8) is 0 Å². The molecule has 1 saturated carbocycles. The molecule has 110 valence electrons. The average molecular weight is 273 g/mol. The summed E-state index contributed by atoms with van der Waals surface area (Å²) in [6.07, 6.45) is 8.80. The highest BCUT2D eigenvalue weighted by Gasteiger charge is 2.25. The van der Waals surface area contributed by atoms with E-state index in [0.717, 1.165) is 6.54 Å². The summed E-state index contributed by atoms with van der Waals surface area (Å²) in [5.41, 5.74) is 3.06. The van der Waals surface area contributed by atoms with Crippen LogP contribution in [-0.4, -0.2) is 24.3 Å². The van der Waals surface area contributed by atoms with Crippen LogP contribution in [0.5, 0.6) is 0 Å². The van der Waals surface area contributed by atoms with Crippen molar-refractivity contribution in [1.29, 1.82) is 0 Å². The monoisotopic (exact) mass is 273 g/mol. The molecule has 0 radical (unpaired) electrons.